The zero-order valence-corrected chi connectivity index (χ0v) is 16.7. The van der Waals surface area contributed by atoms with Gasteiger partial charge in [0.05, 0.1) is 8.95 Å². The summed E-state index contributed by atoms with van der Waals surface area (Å²) in [6.45, 7) is 1.32. The van der Waals surface area contributed by atoms with Gasteiger partial charge in [0, 0.05) is 21.7 Å². The first-order valence-electron chi connectivity index (χ1n) is 6.11. The number of anilines is 1. The van der Waals surface area contributed by atoms with Gasteiger partial charge in [-0.2, -0.15) is 0 Å². The highest BCUT2D eigenvalue weighted by atomic mass is 127. The summed E-state index contributed by atoms with van der Waals surface area (Å²) in [5, 5.41) is 2.80. The van der Waals surface area contributed by atoms with Crippen LogP contribution in [0.4, 0.5) is 5.69 Å². The number of nitrogens with one attached hydrogen (secondary N) is 1. The molecule has 0 aliphatic carbocycles. The molecule has 0 radical (unpaired) electrons. The lowest BCUT2D eigenvalue weighted by Crippen LogP contribution is -2.12. The number of benzene rings is 2. The first kappa shape index (κ1) is 17.4. The van der Waals surface area contributed by atoms with Crippen molar-refractivity contribution in [3.05, 3.63) is 54.5 Å². The number of esters is 1. The topological polar surface area (TPSA) is 55.4 Å². The molecule has 0 aliphatic rings. The first-order valence-corrected chi connectivity index (χ1v) is 8.77. The second-order valence-corrected chi connectivity index (χ2v) is 7.28. The highest BCUT2D eigenvalue weighted by Gasteiger charge is 2.13. The molecule has 4 nitrogen and oxygen atoms in total. The maximum atomic E-state index is 12.2. The predicted molar refractivity (Wildman–Crippen MR) is 100 cm³/mol. The Balaban J connectivity index is 2.23. The lowest BCUT2D eigenvalue weighted by Gasteiger charge is -2.11. The summed E-state index contributed by atoms with van der Waals surface area (Å²) < 4.78 is 7.20. The van der Waals surface area contributed by atoms with E-state index in [1.807, 2.05) is 12.1 Å². The summed E-state index contributed by atoms with van der Waals surface area (Å²) >= 11 is 8.80. The molecule has 0 unspecified atom stereocenters. The Hall–Kier alpha value is -0.930. The van der Waals surface area contributed by atoms with Gasteiger partial charge in [-0.1, -0.05) is 6.07 Å². The maximum absolute atomic E-state index is 12.2. The Kier molecular flexibility index (Phi) is 5.99. The van der Waals surface area contributed by atoms with Gasteiger partial charge in [0.2, 0.25) is 0 Å². The summed E-state index contributed by atoms with van der Waals surface area (Å²) in [4.78, 5) is 23.3. The average Bonchev–Trinajstić information content (AvgIpc) is 2.42. The van der Waals surface area contributed by atoms with E-state index >= 15 is 0 Å². The van der Waals surface area contributed by atoms with Crippen LogP contribution in [0.3, 0.4) is 0 Å². The van der Waals surface area contributed by atoms with Crippen molar-refractivity contribution in [2.24, 2.45) is 0 Å². The third-order valence-electron chi connectivity index (χ3n) is 2.59. The fourth-order valence-corrected chi connectivity index (χ4v) is 3.60. The van der Waals surface area contributed by atoms with E-state index in [1.54, 1.807) is 24.3 Å². The molecule has 114 valence electrons. The lowest BCUT2D eigenvalue weighted by atomic mass is 10.2. The van der Waals surface area contributed by atoms with Crippen molar-refractivity contribution in [2.45, 2.75) is 6.92 Å². The van der Waals surface area contributed by atoms with Gasteiger partial charge < -0.3 is 10.1 Å². The molecule has 0 saturated carbocycles. The minimum atomic E-state index is -0.419. The number of ether oxygens (including phenoxy) is 1. The molecule has 0 fully saturated rings. The van der Waals surface area contributed by atoms with Gasteiger partial charge in [0.1, 0.15) is 0 Å². The standard InChI is InChI=1S/C15H10Br2INO3/c1-8(20)22-14-12(16)6-11(7-13(14)17)19-15(21)9-3-2-4-10(18)5-9/h2-7H,1H3,(H,19,21). The molecular formula is C15H10Br2INO3. The van der Waals surface area contributed by atoms with Gasteiger partial charge in [-0.3, -0.25) is 9.59 Å². The van der Waals surface area contributed by atoms with Gasteiger partial charge in [-0.25, -0.2) is 0 Å². The van der Waals surface area contributed by atoms with E-state index in [-0.39, 0.29) is 5.91 Å². The highest BCUT2D eigenvalue weighted by molar-refractivity contribution is 14.1. The molecule has 2 rings (SSSR count). The Morgan fingerprint density at radius 1 is 1.14 bits per heavy atom. The zero-order valence-electron chi connectivity index (χ0n) is 11.3. The van der Waals surface area contributed by atoms with Crippen molar-refractivity contribution in [3.8, 4) is 5.75 Å². The molecule has 0 aromatic heterocycles. The minimum Gasteiger partial charge on any atom is -0.424 e. The molecule has 0 atom stereocenters. The van der Waals surface area contributed by atoms with Crippen LogP contribution in [0.5, 0.6) is 5.75 Å². The van der Waals surface area contributed by atoms with Crippen LogP contribution in [0, 0.1) is 3.57 Å². The second-order valence-electron chi connectivity index (χ2n) is 4.33. The van der Waals surface area contributed by atoms with E-state index in [4.69, 9.17) is 4.74 Å². The van der Waals surface area contributed by atoms with E-state index in [9.17, 15) is 9.59 Å². The summed E-state index contributed by atoms with van der Waals surface area (Å²) in [7, 11) is 0. The van der Waals surface area contributed by atoms with E-state index in [1.165, 1.54) is 6.92 Å². The van der Waals surface area contributed by atoms with Crippen molar-refractivity contribution in [1.29, 1.82) is 0 Å². The molecular weight excluding hydrogens is 529 g/mol. The molecule has 0 aliphatic heterocycles. The molecule has 2 aromatic rings. The van der Waals surface area contributed by atoms with Gasteiger partial charge in [0.15, 0.2) is 5.75 Å². The van der Waals surface area contributed by atoms with E-state index in [0.717, 1.165) is 3.57 Å². The molecule has 0 bridgehead atoms. The molecule has 22 heavy (non-hydrogen) atoms. The van der Waals surface area contributed by atoms with Crippen molar-refractivity contribution in [2.75, 3.05) is 5.32 Å². The molecule has 0 spiro atoms. The highest BCUT2D eigenvalue weighted by Crippen LogP contribution is 2.36. The zero-order chi connectivity index (χ0) is 16.3. The van der Waals surface area contributed by atoms with Gasteiger partial charge in [-0.05, 0) is 84.8 Å². The smallest absolute Gasteiger partial charge is 0.308 e. The van der Waals surface area contributed by atoms with Crippen molar-refractivity contribution < 1.29 is 14.3 Å². The number of hydrogen-bond acceptors (Lipinski definition) is 3. The van der Waals surface area contributed by atoms with E-state index in [2.05, 4.69) is 59.8 Å². The first-order chi connectivity index (χ1) is 10.4. The summed E-state index contributed by atoms with van der Waals surface area (Å²) in [5.74, 6) is -0.255. The maximum Gasteiger partial charge on any atom is 0.308 e. The molecule has 1 N–H and O–H groups in total. The van der Waals surface area contributed by atoms with Crippen LogP contribution in [0.1, 0.15) is 17.3 Å². The quantitative estimate of drug-likeness (QED) is 0.340. The van der Waals surface area contributed by atoms with Crippen molar-refractivity contribution in [3.63, 3.8) is 0 Å². The Morgan fingerprint density at radius 3 is 2.32 bits per heavy atom. The van der Waals surface area contributed by atoms with Crippen molar-refractivity contribution >= 4 is 72.0 Å². The molecule has 7 heteroatoms. The Morgan fingerprint density at radius 2 is 1.77 bits per heavy atom. The fourth-order valence-electron chi connectivity index (χ4n) is 1.71. The third kappa shape index (κ3) is 4.53. The summed E-state index contributed by atoms with van der Waals surface area (Å²) in [5.41, 5.74) is 1.15. The fraction of sp³-hybridized carbons (Fsp3) is 0.0667. The second kappa shape index (κ2) is 7.56. The number of rotatable bonds is 3. The van der Waals surface area contributed by atoms with Crippen LogP contribution in [0.15, 0.2) is 45.3 Å². The largest absolute Gasteiger partial charge is 0.424 e. The van der Waals surface area contributed by atoms with Crippen LogP contribution in [0.2, 0.25) is 0 Å². The summed E-state index contributed by atoms with van der Waals surface area (Å²) in [6, 6.07) is 10.6. The van der Waals surface area contributed by atoms with Crippen LogP contribution in [-0.2, 0) is 4.79 Å². The van der Waals surface area contributed by atoms with Crippen LogP contribution >= 0.6 is 54.5 Å². The summed E-state index contributed by atoms with van der Waals surface area (Å²) in [6.07, 6.45) is 0. The lowest BCUT2D eigenvalue weighted by molar-refractivity contribution is -0.131. The SMILES string of the molecule is CC(=O)Oc1c(Br)cc(NC(=O)c2cccc(I)c2)cc1Br. The van der Waals surface area contributed by atoms with Crippen molar-refractivity contribution in [1.82, 2.24) is 0 Å². The number of carbonyl (C=O) groups excluding carboxylic acids is 2. The number of amides is 1. The number of hydrogen-bond donors (Lipinski definition) is 1. The molecule has 0 heterocycles. The predicted octanol–water partition coefficient (Wildman–Crippen LogP) is 4.99. The van der Waals surface area contributed by atoms with Gasteiger partial charge >= 0.3 is 5.97 Å². The monoisotopic (exact) mass is 537 g/mol. The molecule has 1 amide bonds. The van der Waals surface area contributed by atoms with Gasteiger partial charge in [0.25, 0.3) is 5.91 Å². The Labute approximate surface area is 158 Å². The third-order valence-corrected chi connectivity index (χ3v) is 4.44. The normalized spacial score (nSPS) is 10.2. The van der Waals surface area contributed by atoms with E-state index < -0.39 is 5.97 Å². The van der Waals surface area contributed by atoms with Crippen LogP contribution in [-0.4, -0.2) is 11.9 Å². The number of halogens is 3. The average molecular weight is 539 g/mol. The molecule has 2 aromatic carbocycles. The Bertz CT molecular complexity index is 726. The van der Waals surface area contributed by atoms with Crippen LogP contribution < -0.4 is 10.1 Å². The van der Waals surface area contributed by atoms with Gasteiger partial charge in [-0.15, -0.1) is 0 Å². The molecule has 0 saturated heterocycles. The van der Waals surface area contributed by atoms with E-state index in [0.29, 0.717) is 25.9 Å². The number of carbonyl (C=O) groups is 2. The minimum absolute atomic E-state index is 0.211. The van der Waals surface area contributed by atoms with Crippen LogP contribution in [0.25, 0.3) is 0 Å².